The lowest BCUT2D eigenvalue weighted by molar-refractivity contribution is 0.0696. The highest BCUT2D eigenvalue weighted by atomic mass is 19.1. The molecule has 1 aromatic heterocycles. The van der Waals surface area contributed by atoms with Gasteiger partial charge >= 0.3 is 5.97 Å². The van der Waals surface area contributed by atoms with Crippen LogP contribution in [0.4, 0.5) is 4.39 Å². The van der Waals surface area contributed by atoms with Gasteiger partial charge in [0.1, 0.15) is 5.82 Å². The van der Waals surface area contributed by atoms with Gasteiger partial charge in [-0.1, -0.05) is 0 Å². The van der Waals surface area contributed by atoms with E-state index >= 15 is 0 Å². The van der Waals surface area contributed by atoms with E-state index in [1.165, 1.54) is 36.5 Å². The summed E-state index contributed by atoms with van der Waals surface area (Å²) >= 11 is 0. The van der Waals surface area contributed by atoms with Gasteiger partial charge in [-0.05, 0) is 42.8 Å². The lowest BCUT2D eigenvalue weighted by atomic mass is 10.1. The minimum atomic E-state index is -1.06. The molecule has 0 aliphatic rings. The number of aromatic carboxylic acids is 1. The first-order valence-corrected chi connectivity index (χ1v) is 6.20. The molecule has 0 saturated heterocycles. The third-order valence-electron chi connectivity index (χ3n) is 2.93. The summed E-state index contributed by atoms with van der Waals surface area (Å²) < 4.78 is 13.0. The predicted molar refractivity (Wildman–Crippen MR) is 73.5 cm³/mol. The Labute approximate surface area is 120 Å². The van der Waals surface area contributed by atoms with E-state index in [1.807, 2.05) is 0 Å². The molecule has 0 aliphatic carbocycles. The van der Waals surface area contributed by atoms with Crippen molar-refractivity contribution in [2.24, 2.45) is 0 Å². The Hall–Kier alpha value is -2.76. The number of benzene rings is 1. The summed E-state index contributed by atoms with van der Waals surface area (Å²) in [4.78, 5) is 26.8. The number of hydrogen-bond donors (Lipinski definition) is 2. The summed E-state index contributed by atoms with van der Waals surface area (Å²) in [6.07, 6.45) is 1.37. The summed E-state index contributed by atoms with van der Waals surface area (Å²) in [6.45, 7) is 1.73. The van der Waals surface area contributed by atoms with E-state index in [9.17, 15) is 14.0 Å². The zero-order chi connectivity index (χ0) is 15.4. The number of carbonyl (C=O) groups excluding carboxylic acids is 1. The molecule has 21 heavy (non-hydrogen) atoms. The molecule has 0 fully saturated rings. The molecule has 0 aliphatic heterocycles. The molecular formula is C15H13FN2O3. The van der Waals surface area contributed by atoms with E-state index in [1.54, 1.807) is 6.92 Å². The molecule has 2 aromatic rings. The number of carbonyl (C=O) groups is 2. The van der Waals surface area contributed by atoms with Gasteiger partial charge in [0.05, 0.1) is 17.8 Å². The number of carboxylic acid groups (broad SMARTS) is 1. The number of pyridine rings is 1. The molecule has 6 heteroatoms. The molecule has 5 nitrogen and oxygen atoms in total. The Kier molecular flexibility index (Phi) is 4.27. The van der Waals surface area contributed by atoms with Crippen molar-refractivity contribution in [1.82, 2.24) is 10.3 Å². The number of rotatable bonds is 4. The number of nitrogens with zero attached hydrogens (tertiary/aromatic N) is 1. The molecule has 0 atom stereocenters. The van der Waals surface area contributed by atoms with Gasteiger partial charge in [0.15, 0.2) is 0 Å². The van der Waals surface area contributed by atoms with Crippen LogP contribution < -0.4 is 5.32 Å². The Balaban J connectivity index is 2.07. The van der Waals surface area contributed by atoms with Gasteiger partial charge in [0.2, 0.25) is 0 Å². The van der Waals surface area contributed by atoms with Crippen molar-refractivity contribution >= 4 is 11.9 Å². The normalized spacial score (nSPS) is 10.2. The summed E-state index contributed by atoms with van der Waals surface area (Å²) in [5.41, 5.74) is 1.43. The van der Waals surface area contributed by atoms with Crippen LogP contribution in [-0.4, -0.2) is 22.0 Å². The van der Waals surface area contributed by atoms with Gasteiger partial charge in [-0.15, -0.1) is 0 Å². The van der Waals surface area contributed by atoms with Gasteiger partial charge < -0.3 is 10.4 Å². The average Bonchev–Trinajstić information content (AvgIpc) is 2.45. The second kappa shape index (κ2) is 6.13. The highest BCUT2D eigenvalue weighted by molar-refractivity contribution is 5.95. The maximum absolute atomic E-state index is 13.0. The molecule has 1 amide bonds. The first-order chi connectivity index (χ1) is 9.97. The van der Waals surface area contributed by atoms with Crippen molar-refractivity contribution in [3.8, 4) is 0 Å². The number of nitrogens with one attached hydrogen (secondary N) is 1. The van der Waals surface area contributed by atoms with Gasteiger partial charge in [-0.3, -0.25) is 9.78 Å². The quantitative estimate of drug-likeness (QED) is 0.903. The Morgan fingerprint density at radius 1 is 1.29 bits per heavy atom. The van der Waals surface area contributed by atoms with Crippen molar-refractivity contribution < 1.29 is 19.1 Å². The zero-order valence-electron chi connectivity index (χ0n) is 11.3. The third-order valence-corrected chi connectivity index (χ3v) is 2.93. The first-order valence-electron chi connectivity index (χ1n) is 6.20. The largest absolute Gasteiger partial charge is 0.478 e. The standard InChI is InChI=1S/C15H13FN2O3/c1-9-6-11(16)2-3-13(9)14(19)18-8-12-7-10(15(20)21)4-5-17-12/h2-7H,8H2,1H3,(H,18,19)(H,20,21). The lowest BCUT2D eigenvalue weighted by Gasteiger charge is -2.08. The second-order valence-corrected chi connectivity index (χ2v) is 4.48. The molecule has 0 radical (unpaired) electrons. The molecule has 2 N–H and O–H groups in total. The number of hydrogen-bond acceptors (Lipinski definition) is 3. The van der Waals surface area contributed by atoms with Crippen LogP contribution in [0.5, 0.6) is 0 Å². The zero-order valence-corrected chi connectivity index (χ0v) is 11.3. The summed E-state index contributed by atoms with van der Waals surface area (Å²) in [7, 11) is 0. The Morgan fingerprint density at radius 2 is 2.05 bits per heavy atom. The molecule has 108 valence electrons. The minimum Gasteiger partial charge on any atom is -0.478 e. The van der Waals surface area contributed by atoms with Gasteiger partial charge in [-0.25, -0.2) is 9.18 Å². The van der Waals surface area contributed by atoms with Crippen LogP contribution in [-0.2, 0) is 6.54 Å². The van der Waals surface area contributed by atoms with Gasteiger partial charge in [-0.2, -0.15) is 0 Å². The third kappa shape index (κ3) is 3.62. The van der Waals surface area contributed by atoms with E-state index in [0.29, 0.717) is 16.8 Å². The van der Waals surface area contributed by atoms with Crippen LogP contribution in [0.25, 0.3) is 0 Å². The minimum absolute atomic E-state index is 0.0940. The van der Waals surface area contributed by atoms with E-state index < -0.39 is 11.8 Å². The fourth-order valence-corrected chi connectivity index (χ4v) is 1.86. The first kappa shape index (κ1) is 14.6. The fraction of sp³-hybridized carbons (Fsp3) is 0.133. The van der Waals surface area contributed by atoms with Crippen LogP contribution in [0.1, 0.15) is 32.0 Å². The topological polar surface area (TPSA) is 79.3 Å². The van der Waals surface area contributed by atoms with Crippen LogP contribution in [0.3, 0.4) is 0 Å². The van der Waals surface area contributed by atoms with Crippen molar-refractivity contribution in [1.29, 1.82) is 0 Å². The summed E-state index contributed by atoms with van der Waals surface area (Å²) in [5.74, 6) is -1.82. The smallest absolute Gasteiger partial charge is 0.335 e. The van der Waals surface area contributed by atoms with Crippen molar-refractivity contribution in [2.45, 2.75) is 13.5 Å². The average molecular weight is 288 g/mol. The molecular weight excluding hydrogens is 275 g/mol. The van der Waals surface area contributed by atoms with Crippen molar-refractivity contribution in [3.63, 3.8) is 0 Å². The maximum Gasteiger partial charge on any atom is 0.335 e. The maximum atomic E-state index is 13.0. The fourth-order valence-electron chi connectivity index (χ4n) is 1.86. The predicted octanol–water partition coefficient (Wildman–Crippen LogP) is 2.16. The molecule has 1 heterocycles. The number of halogens is 1. The molecule has 2 rings (SSSR count). The van der Waals surface area contributed by atoms with Crippen LogP contribution >= 0.6 is 0 Å². The van der Waals surface area contributed by atoms with Crippen molar-refractivity contribution in [2.75, 3.05) is 0 Å². The van der Waals surface area contributed by atoms with Crippen molar-refractivity contribution in [3.05, 3.63) is 64.7 Å². The Bertz CT molecular complexity index is 701. The Morgan fingerprint density at radius 3 is 2.71 bits per heavy atom. The number of amides is 1. The van der Waals surface area contributed by atoms with E-state index in [-0.39, 0.29) is 18.0 Å². The monoisotopic (exact) mass is 288 g/mol. The SMILES string of the molecule is Cc1cc(F)ccc1C(=O)NCc1cc(C(=O)O)ccn1. The van der Waals surface area contributed by atoms with Gasteiger partial charge in [0.25, 0.3) is 5.91 Å². The molecule has 0 spiro atoms. The van der Waals surface area contributed by atoms with Crippen LogP contribution in [0.2, 0.25) is 0 Å². The van der Waals surface area contributed by atoms with Crippen LogP contribution in [0.15, 0.2) is 36.5 Å². The molecule has 0 bridgehead atoms. The highest BCUT2D eigenvalue weighted by Crippen LogP contribution is 2.10. The molecule has 1 aromatic carbocycles. The number of aromatic nitrogens is 1. The summed E-state index contributed by atoms with van der Waals surface area (Å²) in [5, 5.41) is 11.5. The second-order valence-electron chi connectivity index (χ2n) is 4.48. The lowest BCUT2D eigenvalue weighted by Crippen LogP contribution is -2.24. The number of carboxylic acids is 1. The van der Waals surface area contributed by atoms with E-state index in [4.69, 9.17) is 5.11 Å². The van der Waals surface area contributed by atoms with E-state index in [0.717, 1.165) is 0 Å². The van der Waals surface area contributed by atoms with E-state index in [2.05, 4.69) is 10.3 Å². The molecule has 0 saturated carbocycles. The highest BCUT2D eigenvalue weighted by Gasteiger charge is 2.10. The summed E-state index contributed by atoms with van der Waals surface area (Å²) in [6, 6.07) is 6.66. The number of aryl methyl sites for hydroxylation is 1. The van der Waals surface area contributed by atoms with Gasteiger partial charge in [0, 0.05) is 11.8 Å². The molecule has 0 unspecified atom stereocenters. The van der Waals surface area contributed by atoms with Crippen LogP contribution in [0, 0.1) is 12.7 Å².